The van der Waals surface area contributed by atoms with Crippen molar-refractivity contribution in [3.8, 4) is 5.75 Å². The zero-order valence-corrected chi connectivity index (χ0v) is 16.7. The van der Waals surface area contributed by atoms with Crippen LogP contribution in [0.3, 0.4) is 0 Å². The van der Waals surface area contributed by atoms with Gasteiger partial charge in [-0.3, -0.25) is 9.59 Å². The Bertz CT molecular complexity index is 791. The number of hydrogen-bond donors (Lipinski definition) is 1. The average molecular weight is 401 g/mol. The van der Waals surface area contributed by atoms with E-state index in [-0.39, 0.29) is 23.7 Å². The molecule has 1 saturated carbocycles. The third kappa shape index (κ3) is 5.04. The van der Waals surface area contributed by atoms with Crippen molar-refractivity contribution >= 4 is 23.4 Å². The molecule has 3 rings (SSSR count). The number of carbonyl (C=O) groups excluding carboxylic acids is 2. The molecule has 0 spiro atoms. The Balaban J connectivity index is 1.77. The normalized spacial score (nSPS) is 14.2. The molecular weight excluding hydrogens is 376 g/mol. The van der Waals surface area contributed by atoms with E-state index in [1.807, 2.05) is 42.5 Å². The fourth-order valence-corrected chi connectivity index (χ4v) is 3.41. The smallest absolute Gasteiger partial charge is 0.247 e. The van der Waals surface area contributed by atoms with Crippen molar-refractivity contribution in [3.05, 3.63) is 65.7 Å². The summed E-state index contributed by atoms with van der Waals surface area (Å²) in [6, 6.07) is 16.6. The van der Waals surface area contributed by atoms with Crippen LogP contribution in [0.2, 0.25) is 0 Å². The summed E-state index contributed by atoms with van der Waals surface area (Å²) >= 11 is 5.84. The van der Waals surface area contributed by atoms with Gasteiger partial charge >= 0.3 is 0 Å². The summed E-state index contributed by atoms with van der Waals surface area (Å²) in [5.41, 5.74) is 1.91. The molecule has 1 aliphatic rings. The van der Waals surface area contributed by atoms with Gasteiger partial charge in [-0.05, 0) is 42.5 Å². The van der Waals surface area contributed by atoms with Gasteiger partial charge in [0.15, 0.2) is 0 Å². The summed E-state index contributed by atoms with van der Waals surface area (Å²) in [5, 5.41) is 2.99. The van der Waals surface area contributed by atoms with Crippen LogP contribution in [0.25, 0.3) is 0 Å². The highest BCUT2D eigenvalue weighted by Crippen LogP contribution is 2.35. The van der Waals surface area contributed by atoms with Gasteiger partial charge in [-0.2, -0.15) is 0 Å². The van der Waals surface area contributed by atoms with Crippen LogP contribution in [-0.4, -0.2) is 42.3 Å². The lowest BCUT2D eigenvalue weighted by Gasteiger charge is -2.31. The molecule has 1 N–H and O–H groups in total. The van der Waals surface area contributed by atoms with Gasteiger partial charge in [0.1, 0.15) is 17.7 Å². The van der Waals surface area contributed by atoms with Crippen molar-refractivity contribution in [1.82, 2.24) is 10.2 Å². The number of alkyl halides is 1. The van der Waals surface area contributed by atoms with Crippen molar-refractivity contribution in [2.45, 2.75) is 31.3 Å². The third-order valence-corrected chi connectivity index (χ3v) is 5.08. The SMILES string of the molecule is COc1ccc(C(C(=O)NCCc2ccccc2)N(C(=O)CCl)C2CC2)cc1. The number of nitrogens with zero attached hydrogens (tertiary/aromatic N) is 1. The number of halogens is 1. The Labute approximate surface area is 170 Å². The van der Waals surface area contributed by atoms with Crippen LogP contribution >= 0.6 is 11.6 Å². The summed E-state index contributed by atoms with van der Waals surface area (Å²) in [7, 11) is 1.59. The van der Waals surface area contributed by atoms with Gasteiger partial charge in [-0.1, -0.05) is 42.5 Å². The van der Waals surface area contributed by atoms with E-state index in [1.165, 1.54) is 0 Å². The second-order valence-corrected chi connectivity index (χ2v) is 7.14. The number of carbonyl (C=O) groups is 2. The highest BCUT2D eigenvalue weighted by molar-refractivity contribution is 6.27. The Kier molecular flexibility index (Phi) is 6.93. The van der Waals surface area contributed by atoms with Crippen molar-refractivity contribution in [2.24, 2.45) is 0 Å². The molecule has 5 nitrogen and oxygen atoms in total. The number of methoxy groups -OCH3 is 1. The van der Waals surface area contributed by atoms with Crippen LogP contribution in [0.15, 0.2) is 54.6 Å². The summed E-state index contributed by atoms with van der Waals surface area (Å²) < 4.78 is 5.21. The maximum atomic E-state index is 13.1. The van der Waals surface area contributed by atoms with E-state index in [2.05, 4.69) is 5.32 Å². The monoisotopic (exact) mass is 400 g/mol. The number of nitrogens with one attached hydrogen (secondary N) is 1. The highest BCUT2D eigenvalue weighted by Gasteiger charge is 2.40. The van der Waals surface area contributed by atoms with E-state index in [0.717, 1.165) is 30.4 Å². The maximum absolute atomic E-state index is 13.1. The minimum Gasteiger partial charge on any atom is -0.497 e. The maximum Gasteiger partial charge on any atom is 0.247 e. The highest BCUT2D eigenvalue weighted by atomic mass is 35.5. The lowest BCUT2D eigenvalue weighted by Crippen LogP contribution is -2.45. The second-order valence-electron chi connectivity index (χ2n) is 6.87. The largest absolute Gasteiger partial charge is 0.497 e. The van der Waals surface area contributed by atoms with E-state index < -0.39 is 6.04 Å². The molecule has 28 heavy (non-hydrogen) atoms. The molecule has 1 fully saturated rings. The molecular formula is C22H25ClN2O3. The van der Waals surface area contributed by atoms with Crippen LogP contribution in [0.4, 0.5) is 0 Å². The van der Waals surface area contributed by atoms with Crippen molar-refractivity contribution < 1.29 is 14.3 Å². The topological polar surface area (TPSA) is 58.6 Å². The molecule has 0 bridgehead atoms. The summed E-state index contributed by atoms with van der Waals surface area (Å²) in [6.07, 6.45) is 2.52. The zero-order chi connectivity index (χ0) is 19.9. The number of benzene rings is 2. The van der Waals surface area contributed by atoms with Gasteiger partial charge in [-0.15, -0.1) is 11.6 Å². The first-order valence-electron chi connectivity index (χ1n) is 9.46. The predicted octanol–water partition coefficient (Wildman–Crippen LogP) is 3.33. The molecule has 0 radical (unpaired) electrons. The molecule has 1 aliphatic carbocycles. The molecule has 2 aromatic carbocycles. The van der Waals surface area contributed by atoms with E-state index >= 15 is 0 Å². The van der Waals surface area contributed by atoms with Crippen molar-refractivity contribution in [1.29, 1.82) is 0 Å². The van der Waals surface area contributed by atoms with Crippen LogP contribution < -0.4 is 10.1 Å². The standard InChI is InChI=1S/C22H25ClN2O3/c1-28-19-11-7-17(8-12-19)21(25(18-9-10-18)20(26)15-23)22(27)24-14-13-16-5-3-2-4-6-16/h2-8,11-12,18,21H,9-10,13-15H2,1H3,(H,24,27). The number of amides is 2. The van der Waals surface area contributed by atoms with Crippen molar-refractivity contribution in [3.63, 3.8) is 0 Å². The van der Waals surface area contributed by atoms with Crippen LogP contribution in [0.5, 0.6) is 5.75 Å². The third-order valence-electron chi connectivity index (χ3n) is 4.86. The minimum absolute atomic E-state index is 0.0678. The second kappa shape index (κ2) is 9.60. The summed E-state index contributed by atoms with van der Waals surface area (Å²) in [4.78, 5) is 27.3. The summed E-state index contributed by atoms with van der Waals surface area (Å²) in [6.45, 7) is 0.503. The Hall–Kier alpha value is -2.53. The van der Waals surface area contributed by atoms with Gasteiger partial charge < -0.3 is 15.0 Å². The van der Waals surface area contributed by atoms with E-state index in [1.54, 1.807) is 24.1 Å². The van der Waals surface area contributed by atoms with E-state index in [9.17, 15) is 9.59 Å². The van der Waals surface area contributed by atoms with Gasteiger partial charge in [0.25, 0.3) is 0 Å². The molecule has 0 saturated heterocycles. The number of ether oxygens (including phenoxy) is 1. The Morgan fingerprint density at radius 2 is 1.82 bits per heavy atom. The quantitative estimate of drug-likeness (QED) is 0.657. The lowest BCUT2D eigenvalue weighted by molar-refractivity contribution is -0.139. The molecule has 1 unspecified atom stereocenters. The molecule has 0 aromatic heterocycles. The fraction of sp³-hybridized carbons (Fsp3) is 0.364. The van der Waals surface area contributed by atoms with Gasteiger partial charge in [0.05, 0.1) is 7.11 Å². The number of hydrogen-bond acceptors (Lipinski definition) is 3. The van der Waals surface area contributed by atoms with Crippen molar-refractivity contribution in [2.75, 3.05) is 19.5 Å². The fourth-order valence-electron chi connectivity index (χ4n) is 3.28. The van der Waals surface area contributed by atoms with Gasteiger partial charge in [-0.25, -0.2) is 0 Å². The average Bonchev–Trinajstić information content (AvgIpc) is 3.57. The molecule has 1 atom stereocenters. The molecule has 0 heterocycles. The molecule has 2 aromatic rings. The van der Waals surface area contributed by atoms with Crippen LogP contribution in [0.1, 0.15) is 30.0 Å². The lowest BCUT2D eigenvalue weighted by atomic mass is 10.0. The predicted molar refractivity (Wildman–Crippen MR) is 109 cm³/mol. The minimum atomic E-state index is -0.694. The Morgan fingerprint density at radius 3 is 2.39 bits per heavy atom. The van der Waals surface area contributed by atoms with Crippen LogP contribution in [0, 0.1) is 0 Å². The zero-order valence-electron chi connectivity index (χ0n) is 15.9. The summed E-state index contributed by atoms with van der Waals surface area (Å²) in [5.74, 6) is 0.156. The number of rotatable bonds is 9. The van der Waals surface area contributed by atoms with E-state index in [4.69, 9.17) is 16.3 Å². The van der Waals surface area contributed by atoms with Gasteiger partial charge in [0.2, 0.25) is 11.8 Å². The first-order chi connectivity index (χ1) is 13.6. The molecule has 6 heteroatoms. The van der Waals surface area contributed by atoms with Crippen LogP contribution in [-0.2, 0) is 16.0 Å². The molecule has 0 aliphatic heterocycles. The van der Waals surface area contributed by atoms with Gasteiger partial charge in [0, 0.05) is 12.6 Å². The van der Waals surface area contributed by atoms with E-state index in [0.29, 0.717) is 12.3 Å². The molecule has 2 amide bonds. The first kappa shape index (κ1) is 20.2. The Morgan fingerprint density at radius 1 is 1.14 bits per heavy atom. The first-order valence-corrected chi connectivity index (χ1v) is 10.00. The molecule has 148 valence electrons.